The molecule has 7 heteroatoms. The number of carbonyl (C=O) groups excluding carboxylic acids is 1. The summed E-state index contributed by atoms with van der Waals surface area (Å²) in [4.78, 5) is 28.0. The minimum Gasteiger partial charge on any atom is -0.507 e. The second-order valence-electron chi connectivity index (χ2n) is 5.63. The van der Waals surface area contributed by atoms with Crippen LogP contribution in [-0.2, 0) is 6.42 Å². The fraction of sp³-hybridized carbons (Fsp3) is 0.167. The molecule has 3 aromatic rings. The average Bonchev–Trinajstić information content (AvgIpc) is 2.92. The number of hydrogen-bond donors (Lipinski definition) is 3. The van der Waals surface area contributed by atoms with Gasteiger partial charge in [-0.15, -0.1) is 0 Å². The number of imidazole rings is 1. The molecule has 0 saturated heterocycles. The number of amides is 1. The third-order valence-electron chi connectivity index (χ3n) is 4.04. The van der Waals surface area contributed by atoms with E-state index in [1.165, 1.54) is 18.2 Å². The first-order valence-corrected chi connectivity index (χ1v) is 7.76. The summed E-state index contributed by atoms with van der Waals surface area (Å²) in [5, 5.41) is 21.2. The second-order valence-corrected chi connectivity index (χ2v) is 5.63. The number of hydrogen-bond acceptors (Lipinski definition) is 4. The maximum atomic E-state index is 12.5. The van der Waals surface area contributed by atoms with Gasteiger partial charge in [0.2, 0.25) is 0 Å². The van der Waals surface area contributed by atoms with Crippen molar-refractivity contribution in [3.63, 3.8) is 0 Å². The van der Waals surface area contributed by atoms with Crippen molar-refractivity contribution in [1.29, 1.82) is 0 Å². The first kappa shape index (κ1) is 16.5. The van der Waals surface area contributed by atoms with Crippen molar-refractivity contribution in [1.82, 2.24) is 9.38 Å². The van der Waals surface area contributed by atoms with Gasteiger partial charge < -0.3 is 19.9 Å². The summed E-state index contributed by atoms with van der Waals surface area (Å²) in [6.07, 6.45) is 2.51. The highest BCUT2D eigenvalue weighted by Gasteiger charge is 2.14. The Labute approximate surface area is 143 Å². The molecule has 7 nitrogen and oxygen atoms in total. The topological polar surface area (TPSA) is 104 Å². The van der Waals surface area contributed by atoms with Crippen molar-refractivity contribution in [2.45, 2.75) is 20.3 Å². The highest BCUT2D eigenvalue weighted by Crippen LogP contribution is 2.22. The molecule has 0 spiro atoms. The number of benzene rings is 1. The Hall–Kier alpha value is -3.35. The molecular formula is C18H17N3O4. The number of aryl methyl sites for hydroxylation is 2. The molecule has 2 heterocycles. The maximum Gasteiger partial charge on any atom is 0.339 e. The van der Waals surface area contributed by atoms with Crippen LogP contribution in [0, 0.1) is 6.92 Å². The quantitative estimate of drug-likeness (QED) is 0.634. The SMILES string of the molecule is CCc1nc2ccc(C(=O)Nc3ccc(O)c(C(=O)O)c3)cn2c1C. The number of anilines is 1. The van der Waals surface area contributed by atoms with Crippen LogP contribution in [0.2, 0.25) is 0 Å². The number of aromatic hydroxyl groups is 1. The zero-order valence-electron chi connectivity index (χ0n) is 13.8. The number of carboxylic acid groups (broad SMARTS) is 1. The lowest BCUT2D eigenvalue weighted by atomic mass is 10.1. The summed E-state index contributed by atoms with van der Waals surface area (Å²) in [5.41, 5.74) is 3.15. The number of aromatic carboxylic acids is 1. The summed E-state index contributed by atoms with van der Waals surface area (Å²) in [6.45, 7) is 3.97. The van der Waals surface area contributed by atoms with E-state index in [-0.39, 0.29) is 22.9 Å². The van der Waals surface area contributed by atoms with Crippen molar-refractivity contribution in [2.75, 3.05) is 5.32 Å². The Morgan fingerprint density at radius 1 is 1.24 bits per heavy atom. The van der Waals surface area contributed by atoms with E-state index >= 15 is 0 Å². The van der Waals surface area contributed by atoms with E-state index in [1.807, 2.05) is 18.2 Å². The molecule has 0 aliphatic heterocycles. The Kier molecular flexibility index (Phi) is 4.14. The van der Waals surface area contributed by atoms with Crippen LogP contribution in [-0.4, -0.2) is 31.5 Å². The van der Waals surface area contributed by atoms with Crippen LogP contribution in [0.15, 0.2) is 36.5 Å². The third-order valence-corrected chi connectivity index (χ3v) is 4.04. The highest BCUT2D eigenvalue weighted by atomic mass is 16.4. The largest absolute Gasteiger partial charge is 0.507 e. The van der Waals surface area contributed by atoms with Crippen LogP contribution in [0.1, 0.15) is 39.0 Å². The second kappa shape index (κ2) is 6.27. The molecule has 0 aliphatic carbocycles. The van der Waals surface area contributed by atoms with Gasteiger partial charge in [-0.2, -0.15) is 0 Å². The summed E-state index contributed by atoms with van der Waals surface area (Å²) < 4.78 is 1.85. The van der Waals surface area contributed by atoms with Crippen molar-refractivity contribution < 1.29 is 19.8 Å². The fourth-order valence-electron chi connectivity index (χ4n) is 2.67. The van der Waals surface area contributed by atoms with Gasteiger partial charge in [-0.3, -0.25) is 4.79 Å². The molecule has 2 aromatic heterocycles. The van der Waals surface area contributed by atoms with Crippen molar-refractivity contribution in [2.24, 2.45) is 0 Å². The Bertz CT molecular complexity index is 991. The van der Waals surface area contributed by atoms with E-state index in [1.54, 1.807) is 18.3 Å². The van der Waals surface area contributed by atoms with Gasteiger partial charge in [0.05, 0.1) is 11.3 Å². The Morgan fingerprint density at radius 2 is 2.00 bits per heavy atom. The minimum atomic E-state index is -1.27. The molecule has 1 aromatic carbocycles. The van der Waals surface area contributed by atoms with Gasteiger partial charge in [-0.25, -0.2) is 9.78 Å². The maximum absolute atomic E-state index is 12.5. The lowest BCUT2D eigenvalue weighted by Crippen LogP contribution is -2.13. The van der Waals surface area contributed by atoms with Crippen LogP contribution < -0.4 is 5.32 Å². The summed E-state index contributed by atoms with van der Waals surface area (Å²) in [7, 11) is 0. The zero-order valence-corrected chi connectivity index (χ0v) is 13.8. The first-order chi connectivity index (χ1) is 11.9. The van der Waals surface area contributed by atoms with E-state index in [9.17, 15) is 14.7 Å². The molecule has 128 valence electrons. The van der Waals surface area contributed by atoms with E-state index in [2.05, 4.69) is 10.3 Å². The molecule has 3 N–H and O–H groups in total. The molecule has 0 saturated carbocycles. The predicted octanol–water partition coefficient (Wildman–Crippen LogP) is 2.86. The number of rotatable bonds is 4. The third kappa shape index (κ3) is 3.03. The molecule has 0 radical (unpaired) electrons. The number of fused-ring (bicyclic) bond motifs is 1. The number of phenols is 1. The molecule has 0 aliphatic rings. The van der Waals surface area contributed by atoms with Gasteiger partial charge in [0, 0.05) is 17.6 Å². The van der Waals surface area contributed by atoms with Crippen LogP contribution >= 0.6 is 0 Å². The minimum absolute atomic E-state index is 0.272. The first-order valence-electron chi connectivity index (χ1n) is 7.76. The smallest absolute Gasteiger partial charge is 0.339 e. The monoisotopic (exact) mass is 339 g/mol. The zero-order chi connectivity index (χ0) is 18.1. The fourth-order valence-corrected chi connectivity index (χ4v) is 2.67. The molecule has 25 heavy (non-hydrogen) atoms. The van der Waals surface area contributed by atoms with Crippen molar-refractivity contribution in [3.05, 3.63) is 59.0 Å². The van der Waals surface area contributed by atoms with Crippen molar-refractivity contribution >= 4 is 23.2 Å². The Balaban J connectivity index is 1.91. The van der Waals surface area contributed by atoms with Gasteiger partial charge in [0.15, 0.2) is 0 Å². The van der Waals surface area contributed by atoms with Gasteiger partial charge in [-0.1, -0.05) is 6.92 Å². The summed E-state index contributed by atoms with van der Waals surface area (Å²) >= 11 is 0. The lowest BCUT2D eigenvalue weighted by molar-refractivity contribution is 0.0693. The summed E-state index contributed by atoms with van der Waals surface area (Å²) in [6, 6.07) is 7.31. The highest BCUT2D eigenvalue weighted by molar-refractivity contribution is 6.05. The van der Waals surface area contributed by atoms with Crippen LogP contribution in [0.3, 0.4) is 0 Å². The molecule has 0 fully saturated rings. The molecule has 0 bridgehead atoms. The van der Waals surface area contributed by atoms with Gasteiger partial charge in [0.1, 0.15) is 17.0 Å². The predicted molar refractivity (Wildman–Crippen MR) is 92.3 cm³/mol. The Morgan fingerprint density at radius 3 is 2.68 bits per heavy atom. The number of pyridine rings is 1. The van der Waals surface area contributed by atoms with Crippen LogP contribution in [0.4, 0.5) is 5.69 Å². The van der Waals surface area contributed by atoms with Gasteiger partial charge in [-0.05, 0) is 43.7 Å². The van der Waals surface area contributed by atoms with E-state index in [0.717, 1.165) is 23.5 Å². The molecule has 0 unspecified atom stereocenters. The number of carbonyl (C=O) groups is 2. The van der Waals surface area contributed by atoms with Gasteiger partial charge >= 0.3 is 5.97 Å². The van der Waals surface area contributed by atoms with E-state index in [4.69, 9.17) is 5.11 Å². The van der Waals surface area contributed by atoms with Crippen molar-refractivity contribution in [3.8, 4) is 5.75 Å². The molecule has 0 atom stereocenters. The molecule has 1 amide bonds. The number of aromatic nitrogens is 2. The normalized spacial score (nSPS) is 10.8. The van der Waals surface area contributed by atoms with Crippen LogP contribution in [0.25, 0.3) is 5.65 Å². The van der Waals surface area contributed by atoms with Gasteiger partial charge in [0.25, 0.3) is 5.91 Å². The number of carboxylic acids is 1. The molecule has 3 rings (SSSR count). The molecular weight excluding hydrogens is 322 g/mol. The average molecular weight is 339 g/mol. The van der Waals surface area contributed by atoms with Crippen LogP contribution in [0.5, 0.6) is 5.75 Å². The summed E-state index contributed by atoms with van der Waals surface area (Å²) in [5.74, 6) is -2.00. The lowest BCUT2D eigenvalue weighted by Gasteiger charge is -2.08. The standard InChI is InChI=1S/C18H17N3O4/c1-3-14-10(2)21-9-11(4-7-16(21)20-14)17(23)19-12-5-6-15(22)13(8-12)18(24)25/h4-9,22H,3H2,1-2H3,(H,19,23)(H,24,25). The number of nitrogens with one attached hydrogen (secondary N) is 1. The van der Waals surface area contributed by atoms with E-state index in [0.29, 0.717) is 5.56 Å². The number of nitrogens with zero attached hydrogens (tertiary/aromatic N) is 2. The van der Waals surface area contributed by atoms with E-state index < -0.39 is 5.97 Å².